The number of ketones is 1. The lowest BCUT2D eigenvalue weighted by atomic mass is 10.1. The fourth-order valence-corrected chi connectivity index (χ4v) is 1.72. The summed E-state index contributed by atoms with van der Waals surface area (Å²) in [5.74, 6) is 0.0355. The number of aromatic nitrogens is 1. The van der Waals surface area contributed by atoms with Crippen molar-refractivity contribution in [1.29, 1.82) is 0 Å². The lowest BCUT2D eigenvalue weighted by Gasteiger charge is -2.00. The molecule has 17 heavy (non-hydrogen) atoms. The Bertz CT molecular complexity index is 488. The summed E-state index contributed by atoms with van der Waals surface area (Å²) in [5.41, 5.74) is 1.39. The molecule has 0 aliphatic heterocycles. The smallest absolute Gasteiger partial charge is 0.194 e. The Morgan fingerprint density at radius 1 is 1.12 bits per heavy atom. The standard InChI is InChI=1S/C14H15NO2/c16-10-4-8-15-9-7-13(11-15)14(17)12-5-2-1-3-6-12/h1-3,5-7,9,11,16H,4,8,10H2. The molecule has 0 aliphatic carbocycles. The van der Waals surface area contributed by atoms with Crippen LogP contribution >= 0.6 is 0 Å². The van der Waals surface area contributed by atoms with E-state index in [1.165, 1.54) is 0 Å². The molecule has 1 aromatic heterocycles. The van der Waals surface area contributed by atoms with Crippen LogP contribution in [0, 0.1) is 0 Å². The maximum absolute atomic E-state index is 12.1. The van der Waals surface area contributed by atoms with Crippen LogP contribution in [0.25, 0.3) is 0 Å². The molecule has 88 valence electrons. The molecule has 0 spiro atoms. The minimum absolute atomic E-state index is 0.0355. The minimum Gasteiger partial charge on any atom is -0.396 e. The van der Waals surface area contributed by atoms with Crippen LogP contribution in [-0.2, 0) is 6.54 Å². The highest BCUT2D eigenvalue weighted by Gasteiger charge is 2.09. The highest BCUT2D eigenvalue weighted by molar-refractivity contribution is 6.08. The molecule has 0 radical (unpaired) electrons. The number of aliphatic hydroxyl groups is 1. The van der Waals surface area contributed by atoms with Crippen molar-refractivity contribution in [1.82, 2.24) is 4.57 Å². The summed E-state index contributed by atoms with van der Waals surface area (Å²) in [6, 6.07) is 11.0. The number of hydrogen-bond acceptors (Lipinski definition) is 2. The molecule has 3 nitrogen and oxygen atoms in total. The monoisotopic (exact) mass is 229 g/mol. The molecule has 3 heteroatoms. The summed E-state index contributed by atoms with van der Waals surface area (Å²) in [4.78, 5) is 12.1. The van der Waals surface area contributed by atoms with E-state index in [1.54, 1.807) is 0 Å². The first-order valence-electron chi connectivity index (χ1n) is 5.67. The Labute approximate surface area is 100 Å². The van der Waals surface area contributed by atoms with Crippen LogP contribution in [0.15, 0.2) is 48.8 Å². The quantitative estimate of drug-likeness (QED) is 0.798. The lowest BCUT2D eigenvalue weighted by molar-refractivity contribution is 0.103. The number of aliphatic hydroxyl groups excluding tert-OH is 1. The van der Waals surface area contributed by atoms with Gasteiger partial charge in [-0.3, -0.25) is 4.79 Å². The SMILES string of the molecule is O=C(c1ccccc1)c1ccn(CCCO)c1. The van der Waals surface area contributed by atoms with Crippen molar-refractivity contribution in [2.45, 2.75) is 13.0 Å². The molecule has 0 saturated heterocycles. The maximum atomic E-state index is 12.1. The number of carbonyl (C=O) groups is 1. The van der Waals surface area contributed by atoms with Gasteiger partial charge in [0.15, 0.2) is 5.78 Å². The summed E-state index contributed by atoms with van der Waals surface area (Å²) in [6.45, 7) is 0.902. The fraction of sp³-hybridized carbons (Fsp3) is 0.214. The first-order chi connectivity index (χ1) is 8.31. The van der Waals surface area contributed by atoms with Gasteiger partial charge in [-0.05, 0) is 12.5 Å². The molecule has 1 aromatic carbocycles. The largest absolute Gasteiger partial charge is 0.396 e. The van der Waals surface area contributed by atoms with Crippen molar-refractivity contribution in [3.8, 4) is 0 Å². The van der Waals surface area contributed by atoms with Crippen molar-refractivity contribution in [3.05, 3.63) is 59.9 Å². The zero-order chi connectivity index (χ0) is 12.1. The number of benzene rings is 1. The van der Waals surface area contributed by atoms with Gasteiger partial charge in [-0.2, -0.15) is 0 Å². The van der Waals surface area contributed by atoms with E-state index in [0.29, 0.717) is 17.5 Å². The second kappa shape index (κ2) is 5.46. The first kappa shape index (κ1) is 11.6. The van der Waals surface area contributed by atoms with Crippen LogP contribution in [0.3, 0.4) is 0 Å². The van der Waals surface area contributed by atoms with Gasteiger partial charge in [-0.15, -0.1) is 0 Å². The summed E-state index contributed by atoms with van der Waals surface area (Å²) in [5, 5.41) is 8.74. The fourth-order valence-electron chi connectivity index (χ4n) is 1.72. The van der Waals surface area contributed by atoms with Gasteiger partial charge in [0, 0.05) is 36.7 Å². The number of rotatable bonds is 5. The first-order valence-corrected chi connectivity index (χ1v) is 5.67. The molecule has 0 fully saturated rings. The zero-order valence-electron chi connectivity index (χ0n) is 9.54. The summed E-state index contributed by atoms with van der Waals surface area (Å²) < 4.78 is 1.92. The molecular weight excluding hydrogens is 214 g/mol. The van der Waals surface area contributed by atoms with Gasteiger partial charge in [0.25, 0.3) is 0 Å². The van der Waals surface area contributed by atoms with Gasteiger partial charge in [0.1, 0.15) is 0 Å². The van der Waals surface area contributed by atoms with E-state index in [2.05, 4.69) is 0 Å². The van der Waals surface area contributed by atoms with E-state index < -0.39 is 0 Å². The molecule has 0 amide bonds. The van der Waals surface area contributed by atoms with Gasteiger partial charge < -0.3 is 9.67 Å². The van der Waals surface area contributed by atoms with E-state index in [1.807, 2.05) is 53.4 Å². The zero-order valence-corrected chi connectivity index (χ0v) is 9.54. The second-order valence-electron chi connectivity index (χ2n) is 3.91. The van der Waals surface area contributed by atoms with E-state index in [4.69, 9.17) is 5.11 Å². The average molecular weight is 229 g/mol. The Morgan fingerprint density at radius 2 is 1.88 bits per heavy atom. The Hall–Kier alpha value is -1.87. The normalized spacial score (nSPS) is 10.4. The lowest BCUT2D eigenvalue weighted by Crippen LogP contribution is -2.00. The van der Waals surface area contributed by atoms with Crippen LogP contribution < -0.4 is 0 Å². The molecule has 0 bridgehead atoms. The maximum Gasteiger partial charge on any atom is 0.194 e. The molecule has 0 unspecified atom stereocenters. The molecular formula is C14H15NO2. The van der Waals surface area contributed by atoms with E-state index in [-0.39, 0.29) is 12.4 Å². The molecule has 2 aromatic rings. The van der Waals surface area contributed by atoms with E-state index >= 15 is 0 Å². The molecule has 1 N–H and O–H groups in total. The summed E-state index contributed by atoms with van der Waals surface area (Å²) >= 11 is 0. The molecule has 1 heterocycles. The number of aryl methyl sites for hydroxylation is 1. The van der Waals surface area contributed by atoms with Gasteiger partial charge in [0.05, 0.1) is 0 Å². The van der Waals surface area contributed by atoms with E-state index in [9.17, 15) is 4.79 Å². The van der Waals surface area contributed by atoms with Crippen LogP contribution in [0.5, 0.6) is 0 Å². The van der Waals surface area contributed by atoms with Crippen LogP contribution in [0.4, 0.5) is 0 Å². The second-order valence-corrected chi connectivity index (χ2v) is 3.91. The highest BCUT2D eigenvalue weighted by atomic mass is 16.3. The number of nitrogens with zero attached hydrogens (tertiary/aromatic N) is 1. The van der Waals surface area contributed by atoms with E-state index in [0.717, 1.165) is 6.54 Å². The van der Waals surface area contributed by atoms with Gasteiger partial charge in [-0.1, -0.05) is 30.3 Å². The van der Waals surface area contributed by atoms with Crippen molar-refractivity contribution >= 4 is 5.78 Å². The van der Waals surface area contributed by atoms with Gasteiger partial charge in [-0.25, -0.2) is 0 Å². The van der Waals surface area contributed by atoms with Crippen LogP contribution in [-0.4, -0.2) is 22.1 Å². The molecule has 0 aliphatic rings. The van der Waals surface area contributed by atoms with Crippen molar-refractivity contribution < 1.29 is 9.90 Å². The average Bonchev–Trinajstić information content (AvgIpc) is 2.85. The van der Waals surface area contributed by atoms with Crippen LogP contribution in [0.2, 0.25) is 0 Å². The Kier molecular flexibility index (Phi) is 3.73. The summed E-state index contributed by atoms with van der Waals surface area (Å²) in [7, 11) is 0. The number of carbonyl (C=O) groups excluding carboxylic acids is 1. The van der Waals surface area contributed by atoms with Crippen molar-refractivity contribution in [2.75, 3.05) is 6.61 Å². The van der Waals surface area contributed by atoms with Gasteiger partial charge >= 0.3 is 0 Å². The topological polar surface area (TPSA) is 42.2 Å². The Balaban J connectivity index is 2.12. The third-order valence-electron chi connectivity index (χ3n) is 2.62. The van der Waals surface area contributed by atoms with Crippen LogP contribution in [0.1, 0.15) is 22.3 Å². The predicted molar refractivity (Wildman–Crippen MR) is 66.0 cm³/mol. The van der Waals surface area contributed by atoms with Crippen molar-refractivity contribution in [2.24, 2.45) is 0 Å². The molecule has 0 saturated carbocycles. The molecule has 2 rings (SSSR count). The highest BCUT2D eigenvalue weighted by Crippen LogP contribution is 2.10. The minimum atomic E-state index is 0.0355. The Morgan fingerprint density at radius 3 is 2.59 bits per heavy atom. The van der Waals surface area contributed by atoms with Gasteiger partial charge in [0.2, 0.25) is 0 Å². The predicted octanol–water partition coefficient (Wildman–Crippen LogP) is 2.10. The summed E-state index contributed by atoms with van der Waals surface area (Å²) in [6.07, 6.45) is 4.39. The number of hydrogen-bond donors (Lipinski definition) is 1. The molecule has 0 atom stereocenters. The third kappa shape index (κ3) is 2.82. The van der Waals surface area contributed by atoms with Crippen molar-refractivity contribution in [3.63, 3.8) is 0 Å². The third-order valence-corrected chi connectivity index (χ3v) is 2.62.